The number of benzene rings is 2. The fourth-order valence-corrected chi connectivity index (χ4v) is 3.01. The van der Waals surface area contributed by atoms with Crippen molar-refractivity contribution in [1.82, 2.24) is 0 Å². The molecule has 0 bridgehead atoms. The number of ether oxygens (including phenoxy) is 1. The Bertz CT molecular complexity index is 772. The van der Waals surface area contributed by atoms with Crippen LogP contribution in [0, 0.1) is 0 Å². The molecule has 1 unspecified atom stereocenters. The third kappa shape index (κ3) is 3.95. The lowest BCUT2D eigenvalue weighted by Gasteiger charge is -2.09. The molecule has 0 aromatic heterocycles. The van der Waals surface area contributed by atoms with E-state index in [9.17, 15) is 13.8 Å². The van der Waals surface area contributed by atoms with Crippen molar-refractivity contribution in [3.63, 3.8) is 0 Å². The number of anilines is 2. The van der Waals surface area contributed by atoms with Crippen molar-refractivity contribution in [3.8, 4) is 0 Å². The molecule has 0 saturated carbocycles. The number of hydrogen-bond acceptors (Lipinski definition) is 5. The fourth-order valence-electron chi connectivity index (χ4n) is 1.93. The van der Waals surface area contributed by atoms with E-state index in [4.69, 9.17) is 5.73 Å². The second kappa shape index (κ2) is 7.06. The van der Waals surface area contributed by atoms with Gasteiger partial charge in [0.2, 0.25) is 5.91 Å². The lowest BCUT2D eigenvalue weighted by Crippen LogP contribution is -2.08. The van der Waals surface area contributed by atoms with Crippen LogP contribution in [0.1, 0.15) is 17.3 Å². The van der Waals surface area contributed by atoms with Gasteiger partial charge >= 0.3 is 5.97 Å². The SMILES string of the molecule is COC(=O)c1ccc(S(=O)c2ccc(NC(C)=O)c(N)c2)cc1. The van der Waals surface area contributed by atoms with Crippen LogP contribution in [-0.2, 0) is 20.3 Å². The largest absolute Gasteiger partial charge is 0.465 e. The third-order valence-corrected chi connectivity index (χ3v) is 4.42. The van der Waals surface area contributed by atoms with E-state index in [0.29, 0.717) is 26.7 Å². The van der Waals surface area contributed by atoms with Crippen LogP contribution in [0.25, 0.3) is 0 Å². The van der Waals surface area contributed by atoms with Crippen LogP contribution in [0.15, 0.2) is 52.3 Å². The number of nitrogens with two attached hydrogens (primary N) is 1. The molecule has 1 amide bonds. The molecule has 2 aromatic rings. The molecule has 23 heavy (non-hydrogen) atoms. The molecule has 2 rings (SSSR count). The number of carbonyl (C=O) groups excluding carboxylic acids is 2. The number of carbonyl (C=O) groups is 2. The van der Waals surface area contributed by atoms with Gasteiger partial charge in [-0.05, 0) is 42.5 Å². The van der Waals surface area contributed by atoms with Gasteiger partial charge in [0, 0.05) is 16.7 Å². The Kier molecular flexibility index (Phi) is 5.13. The van der Waals surface area contributed by atoms with E-state index in [1.807, 2.05) is 0 Å². The molecule has 120 valence electrons. The van der Waals surface area contributed by atoms with E-state index in [0.717, 1.165) is 0 Å². The molecule has 0 aliphatic heterocycles. The van der Waals surface area contributed by atoms with Crippen molar-refractivity contribution in [1.29, 1.82) is 0 Å². The minimum atomic E-state index is -1.45. The molecule has 1 atom stereocenters. The van der Waals surface area contributed by atoms with Crippen LogP contribution < -0.4 is 11.1 Å². The Morgan fingerprint density at radius 2 is 1.70 bits per heavy atom. The van der Waals surface area contributed by atoms with Crippen LogP contribution in [-0.4, -0.2) is 23.2 Å². The van der Waals surface area contributed by atoms with Gasteiger partial charge in [0.15, 0.2) is 0 Å². The Balaban J connectivity index is 2.25. The third-order valence-electron chi connectivity index (χ3n) is 3.04. The van der Waals surface area contributed by atoms with Crippen LogP contribution in [0.4, 0.5) is 11.4 Å². The molecular formula is C16H16N2O4S. The Morgan fingerprint density at radius 3 is 2.22 bits per heavy atom. The summed E-state index contributed by atoms with van der Waals surface area (Å²) in [5.41, 5.74) is 7.04. The molecule has 0 fully saturated rings. The Labute approximate surface area is 136 Å². The maximum atomic E-state index is 12.5. The zero-order valence-electron chi connectivity index (χ0n) is 12.7. The van der Waals surface area contributed by atoms with Gasteiger partial charge in [0.1, 0.15) is 0 Å². The average molecular weight is 332 g/mol. The maximum Gasteiger partial charge on any atom is 0.337 e. The molecule has 0 aliphatic rings. The van der Waals surface area contributed by atoms with E-state index in [1.54, 1.807) is 42.5 Å². The number of rotatable bonds is 4. The van der Waals surface area contributed by atoms with Crippen LogP contribution in [0.3, 0.4) is 0 Å². The Hall–Kier alpha value is -2.67. The number of esters is 1. The van der Waals surface area contributed by atoms with Gasteiger partial charge in [-0.25, -0.2) is 9.00 Å². The van der Waals surface area contributed by atoms with Crippen LogP contribution in [0.2, 0.25) is 0 Å². The lowest BCUT2D eigenvalue weighted by atomic mass is 10.2. The van der Waals surface area contributed by atoms with Crippen molar-refractivity contribution >= 4 is 34.1 Å². The van der Waals surface area contributed by atoms with Gasteiger partial charge in [-0.1, -0.05) is 0 Å². The molecule has 0 radical (unpaired) electrons. The highest BCUT2D eigenvalue weighted by Crippen LogP contribution is 2.24. The monoisotopic (exact) mass is 332 g/mol. The number of methoxy groups -OCH3 is 1. The first-order valence-electron chi connectivity index (χ1n) is 6.69. The van der Waals surface area contributed by atoms with Gasteiger partial charge < -0.3 is 15.8 Å². The van der Waals surface area contributed by atoms with Crippen molar-refractivity contribution in [2.24, 2.45) is 0 Å². The highest BCUT2D eigenvalue weighted by Gasteiger charge is 2.11. The summed E-state index contributed by atoms with van der Waals surface area (Å²) < 4.78 is 17.2. The standard InChI is InChI=1S/C16H16N2O4S/c1-10(19)18-15-8-7-13(9-14(15)17)23(21)12-5-3-11(4-6-12)16(20)22-2/h3-9H,17H2,1-2H3,(H,18,19). The first-order valence-corrected chi connectivity index (χ1v) is 7.84. The second-order valence-electron chi connectivity index (χ2n) is 4.71. The molecule has 0 aliphatic carbocycles. The van der Waals surface area contributed by atoms with Gasteiger partial charge in [0.25, 0.3) is 0 Å². The number of amides is 1. The second-order valence-corrected chi connectivity index (χ2v) is 6.20. The average Bonchev–Trinajstić information content (AvgIpc) is 2.55. The number of nitrogens with one attached hydrogen (secondary N) is 1. The van der Waals surface area contributed by atoms with Gasteiger partial charge in [-0.2, -0.15) is 0 Å². The van der Waals surface area contributed by atoms with E-state index >= 15 is 0 Å². The summed E-state index contributed by atoms with van der Waals surface area (Å²) in [4.78, 5) is 23.5. The zero-order valence-corrected chi connectivity index (χ0v) is 13.5. The molecule has 0 saturated heterocycles. The lowest BCUT2D eigenvalue weighted by molar-refractivity contribution is -0.114. The first-order chi connectivity index (χ1) is 10.9. The molecule has 0 heterocycles. The minimum absolute atomic E-state index is 0.232. The van der Waals surface area contributed by atoms with Crippen LogP contribution >= 0.6 is 0 Å². The summed E-state index contributed by atoms with van der Waals surface area (Å²) in [6.07, 6.45) is 0. The summed E-state index contributed by atoms with van der Waals surface area (Å²) in [7, 11) is -0.147. The highest BCUT2D eigenvalue weighted by atomic mass is 32.2. The zero-order chi connectivity index (χ0) is 17.0. The summed E-state index contributed by atoms with van der Waals surface area (Å²) >= 11 is 0. The number of hydrogen-bond donors (Lipinski definition) is 2. The molecule has 2 aromatic carbocycles. The quantitative estimate of drug-likeness (QED) is 0.660. The Morgan fingerprint density at radius 1 is 1.09 bits per heavy atom. The first kappa shape index (κ1) is 16.7. The molecule has 6 nitrogen and oxygen atoms in total. The summed E-state index contributed by atoms with van der Waals surface area (Å²) in [5, 5.41) is 2.59. The smallest absolute Gasteiger partial charge is 0.337 e. The van der Waals surface area contributed by atoms with E-state index in [2.05, 4.69) is 10.1 Å². The summed E-state index contributed by atoms with van der Waals surface area (Å²) in [6.45, 7) is 1.38. The highest BCUT2D eigenvalue weighted by molar-refractivity contribution is 7.85. The van der Waals surface area contributed by atoms with Gasteiger partial charge in [0.05, 0.1) is 34.8 Å². The van der Waals surface area contributed by atoms with Crippen molar-refractivity contribution < 1.29 is 18.5 Å². The van der Waals surface area contributed by atoms with E-state index in [-0.39, 0.29) is 5.91 Å². The molecule has 0 spiro atoms. The van der Waals surface area contributed by atoms with E-state index < -0.39 is 16.8 Å². The predicted molar refractivity (Wildman–Crippen MR) is 87.6 cm³/mol. The van der Waals surface area contributed by atoms with Gasteiger partial charge in [-0.3, -0.25) is 4.79 Å². The van der Waals surface area contributed by atoms with Crippen molar-refractivity contribution in [3.05, 3.63) is 48.0 Å². The summed E-state index contributed by atoms with van der Waals surface area (Å²) in [6, 6.07) is 11.1. The normalized spacial score (nSPS) is 11.6. The van der Waals surface area contributed by atoms with Crippen molar-refractivity contribution in [2.75, 3.05) is 18.2 Å². The minimum Gasteiger partial charge on any atom is -0.465 e. The molecular weight excluding hydrogens is 316 g/mol. The fraction of sp³-hybridized carbons (Fsp3) is 0.125. The summed E-state index contributed by atoms with van der Waals surface area (Å²) in [5.74, 6) is -0.685. The molecule has 3 N–H and O–H groups in total. The van der Waals surface area contributed by atoms with Gasteiger partial charge in [-0.15, -0.1) is 0 Å². The topological polar surface area (TPSA) is 98.5 Å². The number of nitrogen functional groups attached to an aromatic ring is 1. The predicted octanol–water partition coefficient (Wildman–Crippen LogP) is 2.18. The molecule has 7 heteroatoms. The van der Waals surface area contributed by atoms with Crippen molar-refractivity contribution in [2.45, 2.75) is 16.7 Å². The van der Waals surface area contributed by atoms with Crippen LogP contribution in [0.5, 0.6) is 0 Å². The maximum absolute atomic E-state index is 12.5. The van der Waals surface area contributed by atoms with E-state index in [1.165, 1.54) is 14.0 Å².